The van der Waals surface area contributed by atoms with Crippen molar-refractivity contribution in [2.24, 2.45) is 5.92 Å². The molecule has 1 amide bonds. The van der Waals surface area contributed by atoms with Crippen LogP contribution in [0.3, 0.4) is 0 Å². The molecule has 0 radical (unpaired) electrons. The fraction of sp³-hybridized carbons (Fsp3) is 0.500. The number of aromatic nitrogens is 4. The Balaban J connectivity index is 1.54. The topological polar surface area (TPSA) is 75.6 Å². The zero-order valence-electron chi connectivity index (χ0n) is 11.6. The second-order valence-electron chi connectivity index (χ2n) is 5.24. The summed E-state index contributed by atoms with van der Waals surface area (Å²) in [7, 11) is 0. The molecule has 6 heteroatoms. The molecular formula is C14H19N5O. The number of carbonyl (C=O) groups is 1. The second-order valence-corrected chi connectivity index (χ2v) is 5.24. The van der Waals surface area contributed by atoms with Gasteiger partial charge in [0.2, 0.25) is 0 Å². The third-order valence-electron chi connectivity index (χ3n) is 3.85. The second kappa shape index (κ2) is 5.48. The first kappa shape index (κ1) is 12.9. The van der Waals surface area contributed by atoms with Crippen LogP contribution in [0.4, 0.5) is 0 Å². The Kier molecular flexibility index (Phi) is 3.54. The molecule has 0 fully saturated rings. The summed E-state index contributed by atoms with van der Waals surface area (Å²) >= 11 is 0. The van der Waals surface area contributed by atoms with Gasteiger partial charge in [0.05, 0.1) is 0 Å². The lowest BCUT2D eigenvalue weighted by Crippen LogP contribution is -2.33. The van der Waals surface area contributed by atoms with E-state index in [1.807, 2.05) is 25.4 Å². The number of hydrogen-bond donors (Lipinski definition) is 2. The van der Waals surface area contributed by atoms with Crippen molar-refractivity contribution in [1.29, 1.82) is 0 Å². The molecule has 3 rings (SSSR count). The van der Waals surface area contributed by atoms with Crippen LogP contribution in [0.1, 0.15) is 35.4 Å². The highest BCUT2D eigenvalue weighted by Gasteiger charge is 2.20. The minimum Gasteiger partial charge on any atom is -0.350 e. The van der Waals surface area contributed by atoms with Gasteiger partial charge in [-0.3, -0.25) is 9.89 Å². The number of aromatic amines is 1. The molecule has 1 aliphatic heterocycles. The zero-order valence-corrected chi connectivity index (χ0v) is 11.6. The lowest BCUT2D eigenvalue weighted by Gasteiger charge is -2.23. The van der Waals surface area contributed by atoms with Crippen molar-refractivity contribution in [3.8, 4) is 0 Å². The van der Waals surface area contributed by atoms with Crippen molar-refractivity contribution in [3.05, 3.63) is 35.7 Å². The van der Waals surface area contributed by atoms with E-state index in [1.165, 1.54) is 0 Å². The summed E-state index contributed by atoms with van der Waals surface area (Å²) in [5.41, 5.74) is 1.45. The maximum atomic E-state index is 12.0. The summed E-state index contributed by atoms with van der Waals surface area (Å²) in [5, 5.41) is 9.86. The fourth-order valence-corrected chi connectivity index (χ4v) is 2.58. The van der Waals surface area contributed by atoms with Gasteiger partial charge in [-0.15, -0.1) is 0 Å². The highest BCUT2D eigenvalue weighted by molar-refractivity contribution is 5.92. The number of nitrogens with zero attached hydrogens (tertiary/aromatic N) is 3. The van der Waals surface area contributed by atoms with Gasteiger partial charge in [-0.1, -0.05) is 6.92 Å². The van der Waals surface area contributed by atoms with Crippen molar-refractivity contribution in [1.82, 2.24) is 25.1 Å². The van der Waals surface area contributed by atoms with Crippen molar-refractivity contribution in [2.45, 2.75) is 32.7 Å². The van der Waals surface area contributed by atoms with E-state index in [0.717, 1.165) is 37.3 Å². The van der Waals surface area contributed by atoms with Crippen LogP contribution < -0.4 is 5.32 Å². The number of fused-ring (bicyclic) bond motifs is 1. The van der Waals surface area contributed by atoms with Crippen LogP contribution >= 0.6 is 0 Å². The maximum absolute atomic E-state index is 12.0. The highest BCUT2D eigenvalue weighted by Crippen LogP contribution is 2.18. The Labute approximate surface area is 117 Å². The van der Waals surface area contributed by atoms with E-state index in [1.54, 1.807) is 0 Å². The van der Waals surface area contributed by atoms with E-state index < -0.39 is 0 Å². The van der Waals surface area contributed by atoms with Crippen LogP contribution in [0, 0.1) is 5.92 Å². The number of aryl methyl sites for hydroxylation is 2. The van der Waals surface area contributed by atoms with Crippen molar-refractivity contribution in [3.63, 3.8) is 0 Å². The molecule has 0 saturated carbocycles. The SMILES string of the molecule is CCc1cc(C(=O)NC[C@@H]2CCn3ccnc3C2)n[nH]1. The van der Waals surface area contributed by atoms with E-state index >= 15 is 0 Å². The van der Waals surface area contributed by atoms with Gasteiger partial charge in [-0.2, -0.15) is 5.10 Å². The molecule has 0 aromatic carbocycles. The predicted molar refractivity (Wildman–Crippen MR) is 74.3 cm³/mol. The summed E-state index contributed by atoms with van der Waals surface area (Å²) in [6.07, 6.45) is 6.70. The molecule has 0 saturated heterocycles. The van der Waals surface area contributed by atoms with Gasteiger partial charge in [0, 0.05) is 37.6 Å². The number of imidazole rings is 1. The monoisotopic (exact) mass is 273 g/mol. The van der Waals surface area contributed by atoms with Gasteiger partial charge in [0.15, 0.2) is 0 Å². The van der Waals surface area contributed by atoms with Crippen molar-refractivity contribution >= 4 is 5.91 Å². The molecule has 2 N–H and O–H groups in total. The number of carbonyl (C=O) groups excluding carboxylic acids is 1. The van der Waals surface area contributed by atoms with Crippen LogP contribution in [-0.4, -0.2) is 32.2 Å². The van der Waals surface area contributed by atoms with E-state index in [-0.39, 0.29) is 5.91 Å². The summed E-state index contributed by atoms with van der Waals surface area (Å²) in [6, 6.07) is 1.81. The third kappa shape index (κ3) is 2.59. The third-order valence-corrected chi connectivity index (χ3v) is 3.85. The molecule has 2 aromatic heterocycles. The molecule has 106 valence electrons. The Hall–Kier alpha value is -2.11. The molecule has 6 nitrogen and oxygen atoms in total. The molecule has 1 aliphatic rings. The highest BCUT2D eigenvalue weighted by atomic mass is 16.1. The molecule has 1 atom stereocenters. The largest absolute Gasteiger partial charge is 0.350 e. The number of amides is 1. The van der Waals surface area contributed by atoms with E-state index in [4.69, 9.17) is 0 Å². The standard InChI is InChI=1S/C14H19N5O/c1-2-11-8-12(18-17-11)14(20)16-9-10-3-5-19-6-4-15-13(19)7-10/h4,6,8,10H,2-3,5,7,9H2,1H3,(H,16,20)(H,17,18)/t10-/m1/s1. The Bertz CT molecular complexity index is 600. The van der Waals surface area contributed by atoms with E-state index in [9.17, 15) is 4.79 Å². The summed E-state index contributed by atoms with van der Waals surface area (Å²) in [4.78, 5) is 16.3. The minimum atomic E-state index is -0.102. The van der Waals surface area contributed by atoms with Crippen molar-refractivity contribution < 1.29 is 4.79 Å². The van der Waals surface area contributed by atoms with Crippen LogP contribution in [-0.2, 0) is 19.4 Å². The van der Waals surface area contributed by atoms with Gasteiger partial charge in [0.25, 0.3) is 5.91 Å². The molecule has 0 unspecified atom stereocenters. The maximum Gasteiger partial charge on any atom is 0.271 e. The number of nitrogens with one attached hydrogen (secondary N) is 2. The Morgan fingerprint density at radius 2 is 2.50 bits per heavy atom. The Morgan fingerprint density at radius 3 is 3.30 bits per heavy atom. The number of rotatable bonds is 4. The quantitative estimate of drug-likeness (QED) is 0.877. The normalized spacial score (nSPS) is 17.8. The lowest BCUT2D eigenvalue weighted by molar-refractivity contribution is 0.0939. The fourth-order valence-electron chi connectivity index (χ4n) is 2.58. The van der Waals surface area contributed by atoms with Gasteiger partial charge in [-0.25, -0.2) is 4.98 Å². The van der Waals surface area contributed by atoms with Gasteiger partial charge >= 0.3 is 0 Å². The van der Waals surface area contributed by atoms with Crippen LogP contribution in [0.5, 0.6) is 0 Å². The molecule has 3 heterocycles. The van der Waals surface area contributed by atoms with E-state index in [2.05, 4.69) is 25.1 Å². The van der Waals surface area contributed by atoms with Gasteiger partial charge in [-0.05, 0) is 24.8 Å². The average Bonchev–Trinajstić information content (AvgIpc) is 3.12. The average molecular weight is 273 g/mol. The molecule has 20 heavy (non-hydrogen) atoms. The molecule has 2 aromatic rings. The van der Waals surface area contributed by atoms with Crippen LogP contribution in [0.2, 0.25) is 0 Å². The summed E-state index contributed by atoms with van der Waals surface area (Å²) in [6.45, 7) is 3.69. The Morgan fingerprint density at radius 1 is 1.60 bits per heavy atom. The zero-order chi connectivity index (χ0) is 13.9. The van der Waals surface area contributed by atoms with Crippen LogP contribution in [0.15, 0.2) is 18.5 Å². The summed E-state index contributed by atoms with van der Waals surface area (Å²) < 4.78 is 2.18. The first-order valence-electron chi connectivity index (χ1n) is 7.08. The first-order chi connectivity index (χ1) is 9.76. The number of H-pyrrole nitrogens is 1. The lowest BCUT2D eigenvalue weighted by atomic mass is 9.98. The van der Waals surface area contributed by atoms with Gasteiger partial charge < -0.3 is 9.88 Å². The van der Waals surface area contributed by atoms with Crippen molar-refractivity contribution in [2.75, 3.05) is 6.54 Å². The van der Waals surface area contributed by atoms with E-state index in [0.29, 0.717) is 18.2 Å². The van der Waals surface area contributed by atoms with Gasteiger partial charge in [0.1, 0.15) is 11.5 Å². The number of hydrogen-bond acceptors (Lipinski definition) is 3. The predicted octanol–water partition coefficient (Wildman–Crippen LogP) is 1.16. The minimum absolute atomic E-state index is 0.102. The molecule has 0 aliphatic carbocycles. The molecule has 0 bridgehead atoms. The smallest absolute Gasteiger partial charge is 0.271 e. The first-order valence-corrected chi connectivity index (χ1v) is 7.08. The molecular weight excluding hydrogens is 254 g/mol. The molecule has 0 spiro atoms. The van der Waals surface area contributed by atoms with Crippen LogP contribution in [0.25, 0.3) is 0 Å². The summed E-state index contributed by atoms with van der Waals surface area (Å²) in [5.74, 6) is 1.47.